The maximum atomic E-state index is 12.9. The van der Waals surface area contributed by atoms with Crippen molar-refractivity contribution in [1.29, 1.82) is 0 Å². The molecule has 2 aromatic rings. The highest BCUT2D eigenvalue weighted by atomic mass is 19.1. The lowest BCUT2D eigenvalue weighted by atomic mass is 10.1. The highest BCUT2D eigenvalue weighted by Gasteiger charge is 2.28. The number of H-pyrrole nitrogens is 1. The number of aromatic nitrogens is 2. The quantitative estimate of drug-likeness (QED) is 0.918. The molecular formula is C15H18FN3. The second-order valence-corrected chi connectivity index (χ2v) is 5.22. The van der Waals surface area contributed by atoms with Crippen LogP contribution < -0.4 is 0 Å². The molecule has 0 bridgehead atoms. The van der Waals surface area contributed by atoms with Crippen LogP contribution in [0.5, 0.6) is 0 Å². The molecule has 3 nitrogen and oxygen atoms in total. The van der Waals surface area contributed by atoms with Crippen molar-refractivity contribution in [2.75, 3.05) is 6.54 Å². The molecule has 1 N–H and O–H groups in total. The molecule has 0 radical (unpaired) electrons. The van der Waals surface area contributed by atoms with Gasteiger partial charge in [-0.15, -0.1) is 0 Å². The standard InChI is InChI=1S/C15H18FN3/c1-11-9-17-18-15(11)14-3-2-8-19(14)10-12-4-6-13(16)7-5-12/h4-7,9,14H,2-3,8,10H2,1H3,(H,17,18). The molecule has 4 heteroatoms. The number of rotatable bonds is 3. The monoisotopic (exact) mass is 259 g/mol. The van der Waals surface area contributed by atoms with Crippen molar-refractivity contribution in [2.24, 2.45) is 0 Å². The Morgan fingerprint density at radius 1 is 1.37 bits per heavy atom. The first-order valence-corrected chi connectivity index (χ1v) is 6.72. The average molecular weight is 259 g/mol. The van der Waals surface area contributed by atoms with Crippen LogP contribution >= 0.6 is 0 Å². The van der Waals surface area contributed by atoms with Crippen molar-refractivity contribution in [1.82, 2.24) is 15.1 Å². The first kappa shape index (κ1) is 12.4. The molecule has 1 saturated heterocycles. The summed E-state index contributed by atoms with van der Waals surface area (Å²) in [6.45, 7) is 4.04. The van der Waals surface area contributed by atoms with Crippen molar-refractivity contribution >= 4 is 0 Å². The number of nitrogens with zero attached hydrogens (tertiary/aromatic N) is 2. The third-order valence-electron chi connectivity index (χ3n) is 3.86. The number of aromatic amines is 1. The Hall–Kier alpha value is -1.68. The van der Waals surface area contributed by atoms with E-state index in [9.17, 15) is 4.39 Å². The van der Waals surface area contributed by atoms with E-state index in [4.69, 9.17) is 0 Å². The van der Waals surface area contributed by atoms with E-state index in [1.165, 1.54) is 29.8 Å². The van der Waals surface area contributed by atoms with Crippen LogP contribution in [0.25, 0.3) is 0 Å². The predicted octanol–water partition coefficient (Wildman–Crippen LogP) is 3.19. The van der Waals surface area contributed by atoms with E-state index in [0.29, 0.717) is 6.04 Å². The summed E-state index contributed by atoms with van der Waals surface area (Å²) in [7, 11) is 0. The van der Waals surface area contributed by atoms with Crippen LogP contribution in [-0.4, -0.2) is 21.6 Å². The van der Waals surface area contributed by atoms with Crippen LogP contribution in [0.15, 0.2) is 30.5 Å². The van der Waals surface area contributed by atoms with E-state index in [-0.39, 0.29) is 5.82 Å². The number of hydrogen-bond acceptors (Lipinski definition) is 2. The van der Waals surface area contributed by atoms with Crippen LogP contribution in [0.2, 0.25) is 0 Å². The van der Waals surface area contributed by atoms with Crippen LogP contribution in [0.4, 0.5) is 4.39 Å². The molecule has 1 unspecified atom stereocenters. The third-order valence-corrected chi connectivity index (χ3v) is 3.86. The van der Waals surface area contributed by atoms with Crippen molar-refractivity contribution in [2.45, 2.75) is 32.4 Å². The molecule has 1 aliphatic heterocycles. The summed E-state index contributed by atoms with van der Waals surface area (Å²) in [6, 6.07) is 7.20. The number of nitrogens with one attached hydrogen (secondary N) is 1. The van der Waals surface area contributed by atoms with Gasteiger partial charge in [0.15, 0.2) is 0 Å². The number of aryl methyl sites for hydroxylation is 1. The van der Waals surface area contributed by atoms with Gasteiger partial charge in [0.2, 0.25) is 0 Å². The van der Waals surface area contributed by atoms with E-state index >= 15 is 0 Å². The average Bonchev–Trinajstić information content (AvgIpc) is 3.01. The Bertz CT molecular complexity index is 547. The third kappa shape index (κ3) is 2.54. The molecule has 1 aromatic carbocycles. The normalized spacial score (nSPS) is 20.0. The minimum absolute atomic E-state index is 0.175. The Morgan fingerprint density at radius 2 is 2.16 bits per heavy atom. The lowest BCUT2D eigenvalue weighted by Gasteiger charge is -2.24. The molecule has 0 aliphatic carbocycles. The summed E-state index contributed by atoms with van der Waals surface area (Å²) in [5.74, 6) is -0.175. The highest BCUT2D eigenvalue weighted by molar-refractivity contribution is 5.21. The van der Waals surface area contributed by atoms with Gasteiger partial charge >= 0.3 is 0 Å². The van der Waals surface area contributed by atoms with E-state index in [1.807, 2.05) is 18.3 Å². The van der Waals surface area contributed by atoms with Crippen LogP contribution in [0.3, 0.4) is 0 Å². The molecule has 3 rings (SSSR count). The summed E-state index contributed by atoms with van der Waals surface area (Å²) in [5.41, 5.74) is 3.60. The van der Waals surface area contributed by atoms with Gasteiger partial charge in [-0.2, -0.15) is 5.10 Å². The van der Waals surface area contributed by atoms with Gasteiger partial charge in [-0.05, 0) is 49.6 Å². The smallest absolute Gasteiger partial charge is 0.123 e. The van der Waals surface area contributed by atoms with Crippen LogP contribution in [0, 0.1) is 12.7 Å². The molecule has 1 aliphatic rings. The summed E-state index contributed by atoms with van der Waals surface area (Å²) < 4.78 is 12.9. The first-order chi connectivity index (χ1) is 9.24. The minimum Gasteiger partial charge on any atom is -0.291 e. The number of likely N-dealkylation sites (tertiary alicyclic amines) is 1. The molecule has 0 saturated carbocycles. The molecule has 19 heavy (non-hydrogen) atoms. The van der Waals surface area contributed by atoms with Gasteiger partial charge in [0, 0.05) is 6.54 Å². The van der Waals surface area contributed by atoms with Crippen molar-refractivity contribution < 1.29 is 4.39 Å². The van der Waals surface area contributed by atoms with Gasteiger partial charge in [-0.25, -0.2) is 4.39 Å². The molecule has 1 atom stereocenters. The lowest BCUT2D eigenvalue weighted by molar-refractivity contribution is 0.243. The fourth-order valence-electron chi connectivity index (χ4n) is 2.86. The zero-order valence-electron chi connectivity index (χ0n) is 11.1. The number of benzene rings is 1. The van der Waals surface area contributed by atoms with E-state index < -0.39 is 0 Å². The SMILES string of the molecule is Cc1cn[nH]c1C1CCCN1Cc1ccc(F)cc1. The minimum atomic E-state index is -0.175. The lowest BCUT2D eigenvalue weighted by Crippen LogP contribution is -2.23. The zero-order chi connectivity index (χ0) is 13.2. The van der Waals surface area contributed by atoms with Crippen molar-refractivity contribution in [3.63, 3.8) is 0 Å². The van der Waals surface area contributed by atoms with Gasteiger partial charge in [0.05, 0.1) is 17.9 Å². The Labute approximate surface area is 112 Å². The molecule has 1 aromatic heterocycles. The first-order valence-electron chi connectivity index (χ1n) is 6.72. The van der Waals surface area contributed by atoms with E-state index in [1.54, 1.807) is 0 Å². The topological polar surface area (TPSA) is 31.9 Å². The number of hydrogen-bond donors (Lipinski definition) is 1. The molecule has 100 valence electrons. The fourth-order valence-corrected chi connectivity index (χ4v) is 2.86. The van der Waals surface area contributed by atoms with E-state index in [2.05, 4.69) is 22.0 Å². The molecule has 0 amide bonds. The number of halogens is 1. The summed E-state index contributed by atoms with van der Waals surface area (Å²) in [5, 5.41) is 7.24. The Kier molecular flexibility index (Phi) is 3.34. The summed E-state index contributed by atoms with van der Waals surface area (Å²) >= 11 is 0. The molecule has 0 spiro atoms. The van der Waals surface area contributed by atoms with Gasteiger partial charge < -0.3 is 0 Å². The molecule has 2 heterocycles. The van der Waals surface area contributed by atoms with E-state index in [0.717, 1.165) is 25.1 Å². The largest absolute Gasteiger partial charge is 0.291 e. The second-order valence-electron chi connectivity index (χ2n) is 5.22. The zero-order valence-corrected chi connectivity index (χ0v) is 11.1. The maximum absolute atomic E-state index is 12.9. The predicted molar refractivity (Wildman–Crippen MR) is 72.1 cm³/mol. The van der Waals surface area contributed by atoms with Crippen LogP contribution in [0.1, 0.15) is 35.7 Å². The summed E-state index contributed by atoms with van der Waals surface area (Å²) in [4.78, 5) is 2.44. The van der Waals surface area contributed by atoms with Gasteiger partial charge in [-0.3, -0.25) is 10.00 Å². The van der Waals surface area contributed by atoms with Crippen molar-refractivity contribution in [3.8, 4) is 0 Å². The molecular weight excluding hydrogens is 241 g/mol. The highest BCUT2D eigenvalue weighted by Crippen LogP contribution is 2.33. The summed E-state index contributed by atoms with van der Waals surface area (Å²) in [6.07, 6.45) is 4.23. The van der Waals surface area contributed by atoms with Gasteiger partial charge in [0.25, 0.3) is 0 Å². The van der Waals surface area contributed by atoms with Crippen molar-refractivity contribution in [3.05, 3.63) is 53.1 Å². The van der Waals surface area contributed by atoms with Gasteiger partial charge in [-0.1, -0.05) is 12.1 Å². The Morgan fingerprint density at radius 3 is 2.84 bits per heavy atom. The fraction of sp³-hybridized carbons (Fsp3) is 0.400. The maximum Gasteiger partial charge on any atom is 0.123 e. The van der Waals surface area contributed by atoms with Crippen LogP contribution in [-0.2, 0) is 6.54 Å². The second kappa shape index (κ2) is 5.13. The molecule has 1 fully saturated rings. The van der Waals surface area contributed by atoms with Gasteiger partial charge in [0.1, 0.15) is 5.82 Å². The Balaban J connectivity index is 1.77.